The van der Waals surface area contributed by atoms with Crippen molar-refractivity contribution < 1.29 is 0 Å². The van der Waals surface area contributed by atoms with E-state index in [4.69, 9.17) is 19.9 Å². The number of hydrogen-bond acceptors (Lipinski definition) is 4. The summed E-state index contributed by atoms with van der Waals surface area (Å²) in [7, 11) is -1.44. The Hall–Kier alpha value is -5.26. The quantitative estimate of drug-likeness (QED) is 0.179. The van der Waals surface area contributed by atoms with E-state index in [1.165, 1.54) is 33.0 Å². The monoisotopic (exact) mass is 624 g/mol. The van der Waals surface area contributed by atoms with Crippen LogP contribution in [0.4, 0.5) is 0 Å². The van der Waals surface area contributed by atoms with Crippen LogP contribution in [0.3, 0.4) is 0 Å². The Morgan fingerprint density at radius 3 is 1.89 bits per heavy atom. The molecule has 4 nitrogen and oxygen atoms in total. The Morgan fingerprint density at radius 1 is 0.489 bits per heavy atom. The van der Waals surface area contributed by atoms with Crippen LogP contribution in [0.1, 0.15) is 25.0 Å². The SMILES string of the molecule is CC1(C)c2ccccc2-c2ccc(-c3cccc(-c4nc(-c5ccc([Si](C)(C)C)cc5)nc(-c5cnc6ccccc6c5)n4)c3)cc21. The van der Waals surface area contributed by atoms with Crippen molar-refractivity contribution in [2.24, 2.45) is 0 Å². The van der Waals surface area contributed by atoms with E-state index in [9.17, 15) is 0 Å². The van der Waals surface area contributed by atoms with Gasteiger partial charge in [0.25, 0.3) is 0 Å². The predicted octanol–water partition coefficient (Wildman–Crippen LogP) is 9.94. The van der Waals surface area contributed by atoms with E-state index >= 15 is 0 Å². The third kappa shape index (κ3) is 5.17. The minimum atomic E-state index is -1.44. The van der Waals surface area contributed by atoms with E-state index in [1.807, 2.05) is 24.4 Å². The highest BCUT2D eigenvalue weighted by Crippen LogP contribution is 2.49. The van der Waals surface area contributed by atoms with E-state index in [0.717, 1.165) is 33.2 Å². The van der Waals surface area contributed by atoms with Crippen molar-refractivity contribution in [3.63, 3.8) is 0 Å². The summed E-state index contributed by atoms with van der Waals surface area (Å²) in [6.45, 7) is 11.7. The molecule has 0 spiro atoms. The summed E-state index contributed by atoms with van der Waals surface area (Å²) in [5.41, 5.74) is 11.4. The Morgan fingerprint density at radius 2 is 1.11 bits per heavy atom. The summed E-state index contributed by atoms with van der Waals surface area (Å²) in [6.07, 6.45) is 1.86. The summed E-state index contributed by atoms with van der Waals surface area (Å²) < 4.78 is 0. The van der Waals surface area contributed by atoms with Crippen molar-refractivity contribution >= 4 is 24.2 Å². The lowest BCUT2D eigenvalue weighted by Gasteiger charge is -2.22. The molecule has 0 saturated carbocycles. The molecule has 0 radical (unpaired) electrons. The van der Waals surface area contributed by atoms with Crippen LogP contribution in [-0.2, 0) is 5.41 Å². The number of para-hydroxylation sites is 1. The maximum absolute atomic E-state index is 5.07. The second-order valence-electron chi connectivity index (χ2n) is 14.1. The molecule has 5 heteroatoms. The summed E-state index contributed by atoms with van der Waals surface area (Å²) >= 11 is 0. The fourth-order valence-electron chi connectivity index (χ4n) is 6.80. The summed E-state index contributed by atoms with van der Waals surface area (Å²) in [4.78, 5) is 19.8. The van der Waals surface area contributed by atoms with Gasteiger partial charge in [0.1, 0.15) is 0 Å². The highest BCUT2D eigenvalue weighted by atomic mass is 28.3. The molecule has 2 aromatic heterocycles. The van der Waals surface area contributed by atoms with Gasteiger partial charge in [-0.3, -0.25) is 4.98 Å². The molecule has 1 aliphatic rings. The maximum Gasteiger partial charge on any atom is 0.165 e. The first-order valence-electron chi connectivity index (χ1n) is 16.2. The summed E-state index contributed by atoms with van der Waals surface area (Å²) in [5.74, 6) is 1.91. The fourth-order valence-corrected chi connectivity index (χ4v) is 7.96. The molecule has 228 valence electrons. The van der Waals surface area contributed by atoms with Gasteiger partial charge in [-0.1, -0.05) is 136 Å². The minimum Gasteiger partial charge on any atom is -0.255 e. The lowest BCUT2D eigenvalue weighted by Crippen LogP contribution is -2.37. The molecule has 8 rings (SSSR count). The Bertz CT molecular complexity index is 2320. The highest BCUT2D eigenvalue weighted by Gasteiger charge is 2.35. The van der Waals surface area contributed by atoms with Crippen LogP contribution >= 0.6 is 0 Å². The molecule has 0 N–H and O–H groups in total. The molecule has 2 heterocycles. The topological polar surface area (TPSA) is 51.6 Å². The van der Waals surface area contributed by atoms with Gasteiger partial charge in [0.2, 0.25) is 0 Å². The third-order valence-electron chi connectivity index (χ3n) is 9.53. The van der Waals surface area contributed by atoms with E-state index in [1.54, 1.807) is 0 Å². The summed E-state index contributed by atoms with van der Waals surface area (Å²) in [5, 5.41) is 2.46. The molecular formula is C42H36N4Si. The zero-order chi connectivity index (χ0) is 32.3. The standard InChI is InChI=1S/C42H36N4Si/c1-42(2)36-15-8-7-14-34(36)35-22-19-29(25-37(35)42)28-12-10-13-31(23-28)40-44-39(27-17-20-33(21-18-27)47(3,4)5)45-41(46-40)32-24-30-11-6-9-16-38(30)43-26-32/h6-26H,1-5H3. The van der Waals surface area contributed by atoms with Gasteiger partial charge in [-0.2, -0.15) is 0 Å². The smallest absolute Gasteiger partial charge is 0.165 e. The average molecular weight is 625 g/mol. The zero-order valence-electron chi connectivity index (χ0n) is 27.4. The zero-order valence-corrected chi connectivity index (χ0v) is 28.4. The average Bonchev–Trinajstić information content (AvgIpc) is 3.33. The van der Waals surface area contributed by atoms with E-state index in [2.05, 4.69) is 137 Å². The maximum atomic E-state index is 5.07. The van der Waals surface area contributed by atoms with Crippen molar-refractivity contribution in [2.45, 2.75) is 38.9 Å². The molecular weight excluding hydrogens is 589 g/mol. The van der Waals surface area contributed by atoms with Gasteiger partial charge >= 0.3 is 0 Å². The molecule has 0 amide bonds. The first-order chi connectivity index (χ1) is 22.6. The minimum absolute atomic E-state index is 0.0590. The number of fused-ring (bicyclic) bond motifs is 4. The van der Waals surface area contributed by atoms with Gasteiger partial charge in [0, 0.05) is 33.7 Å². The van der Waals surface area contributed by atoms with Crippen molar-refractivity contribution in [2.75, 3.05) is 0 Å². The Labute approximate surface area is 277 Å². The van der Waals surface area contributed by atoms with Gasteiger partial charge in [-0.05, 0) is 57.6 Å². The number of aromatic nitrogens is 4. The summed E-state index contributed by atoms with van der Waals surface area (Å²) in [6, 6.07) is 43.2. The number of hydrogen-bond donors (Lipinski definition) is 0. The van der Waals surface area contributed by atoms with Crippen LogP contribution < -0.4 is 5.19 Å². The van der Waals surface area contributed by atoms with Crippen LogP contribution in [0.5, 0.6) is 0 Å². The van der Waals surface area contributed by atoms with Gasteiger partial charge < -0.3 is 0 Å². The first kappa shape index (κ1) is 29.2. The van der Waals surface area contributed by atoms with Crippen molar-refractivity contribution in [1.82, 2.24) is 19.9 Å². The molecule has 0 aliphatic heterocycles. The normalized spacial score (nSPS) is 13.4. The number of pyridine rings is 1. The lowest BCUT2D eigenvalue weighted by atomic mass is 9.81. The van der Waals surface area contributed by atoms with E-state index < -0.39 is 8.07 Å². The molecule has 7 aromatic rings. The highest BCUT2D eigenvalue weighted by molar-refractivity contribution is 6.88. The van der Waals surface area contributed by atoms with Crippen molar-refractivity contribution in [3.8, 4) is 56.4 Å². The van der Waals surface area contributed by atoms with Crippen LogP contribution in [-0.4, -0.2) is 28.0 Å². The van der Waals surface area contributed by atoms with Gasteiger partial charge in [0.15, 0.2) is 17.5 Å². The van der Waals surface area contributed by atoms with Gasteiger partial charge in [-0.15, -0.1) is 0 Å². The molecule has 0 atom stereocenters. The van der Waals surface area contributed by atoms with Crippen LogP contribution in [0.25, 0.3) is 67.3 Å². The van der Waals surface area contributed by atoms with Crippen LogP contribution in [0.15, 0.2) is 128 Å². The first-order valence-corrected chi connectivity index (χ1v) is 19.7. The molecule has 1 aliphatic carbocycles. The number of benzene rings is 5. The third-order valence-corrected chi connectivity index (χ3v) is 11.6. The molecule has 47 heavy (non-hydrogen) atoms. The number of rotatable bonds is 5. The predicted molar refractivity (Wildman–Crippen MR) is 197 cm³/mol. The van der Waals surface area contributed by atoms with Crippen LogP contribution in [0.2, 0.25) is 19.6 Å². The Kier molecular flexibility index (Phi) is 6.78. The molecule has 0 bridgehead atoms. The largest absolute Gasteiger partial charge is 0.255 e. The van der Waals surface area contributed by atoms with Crippen molar-refractivity contribution in [3.05, 3.63) is 139 Å². The molecule has 0 fully saturated rings. The second kappa shape index (κ2) is 10.9. The van der Waals surface area contributed by atoms with Crippen LogP contribution in [0, 0.1) is 0 Å². The Balaban J connectivity index is 1.24. The lowest BCUT2D eigenvalue weighted by molar-refractivity contribution is 0.660. The van der Waals surface area contributed by atoms with Crippen molar-refractivity contribution in [1.29, 1.82) is 0 Å². The van der Waals surface area contributed by atoms with E-state index in [0.29, 0.717) is 17.5 Å². The fraction of sp³-hybridized carbons (Fsp3) is 0.143. The number of nitrogens with zero attached hydrogens (tertiary/aromatic N) is 4. The molecule has 5 aromatic carbocycles. The van der Waals surface area contributed by atoms with Gasteiger partial charge in [-0.25, -0.2) is 15.0 Å². The van der Waals surface area contributed by atoms with E-state index in [-0.39, 0.29) is 5.41 Å². The van der Waals surface area contributed by atoms with Gasteiger partial charge in [0.05, 0.1) is 13.6 Å². The molecule has 0 saturated heterocycles. The second-order valence-corrected chi connectivity index (χ2v) is 19.1. The molecule has 0 unspecified atom stereocenters.